The Bertz CT molecular complexity index is 1010. The summed E-state index contributed by atoms with van der Waals surface area (Å²) in [4.78, 5) is 2.10. The van der Waals surface area contributed by atoms with Crippen LogP contribution in [-0.4, -0.2) is 54.1 Å². The third-order valence-corrected chi connectivity index (χ3v) is 6.53. The summed E-state index contributed by atoms with van der Waals surface area (Å²) in [6.45, 7) is 6.50. The first-order valence-corrected chi connectivity index (χ1v) is 13.0. The number of hydrogen-bond donors (Lipinski definition) is 2. The van der Waals surface area contributed by atoms with Gasteiger partial charge in [0.1, 0.15) is 12.4 Å². The van der Waals surface area contributed by atoms with Crippen LogP contribution in [0, 0.1) is 0 Å². The van der Waals surface area contributed by atoms with Gasteiger partial charge >= 0.3 is 0 Å². The van der Waals surface area contributed by atoms with E-state index < -0.39 is 12.2 Å². The maximum Gasteiger partial charge on any atom is 0.119 e. The molecule has 1 unspecified atom stereocenters. The van der Waals surface area contributed by atoms with Crippen LogP contribution in [0.5, 0.6) is 5.75 Å². The van der Waals surface area contributed by atoms with Crippen LogP contribution in [0.1, 0.15) is 42.7 Å². The molecule has 5 nitrogen and oxygen atoms in total. The summed E-state index contributed by atoms with van der Waals surface area (Å²) in [5.41, 5.74) is 2.62. The minimum Gasteiger partial charge on any atom is -0.491 e. The number of aliphatic hydroxyl groups excluding tert-OH is 2. The minimum atomic E-state index is -0.751. The van der Waals surface area contributed by atoms with E-state index >= 15 is 0 Å². The highest BCUT2D eigenvalue weighted by atomic mass is 35.5. The molecule has 194 valence electrons. The maximum atomic E-state index is 11.0. The van der Waals surface area contributed by atoms with E-state index in [1.807, 2.05) is 55.5 Å². The molecule has 0 spiro atoms. The van der Waals surface area contributed by atoms with Crippen molar-refractivity contribution in [3.05, 3.63) is 99.5 Å². The largest absolute Gasteiger partial charge is 0.491 e. The lowest BCUT2D eigenvalue weighted by atomic mass is 10.0. The molecule has 36 heavy (non-hydrogen) atoms. The van der Waals surface area contributed by atoms with Crippen molar-refractivity contribution in [1.82, 2.24) is 4.90 Å². The van der Waals surface area contributed by atoms with Crippen molar-refractivity contribution in [2.24, 2.45) is 0 Å². The fourth-order valence-corrected chi connectivity index (χ4v) is 4.47. The third-order valence-electron chi connectivity index (χ3n) is 6.06. The summed E-state index contributed by atoms with van der Waals surface area (Å²) in [7, 11) is 0. The molecule has 2 N–H and O–H groups in total. The Morgan fingerprint density at radius 1 is 0.806 bits per heavy atom. The first-order valence-electron chi connectivity index (χ1n) is 12.3. The average Bonchev–Trinajstić information content (AvgIpc) is 2.87. The number of rotatable bonds is 14. The quantitative estimate of drug-likeness (QED) is 0.246. The highest BCUT2D eigenvalue weighted by Gasteiger charge is 2.23. The minimum absolute atomic E-state index is 0.0393. The predicted octanol–water partition coefficient (Wildman–Crippen LogP) is 6.11. The van der Waals surface area contributed by atoms with Gasteiger partial charge in [-0.15, -0.1) is 0 Å². The molecule has 0 amide bonds. The van der Waals surface area contributed by atoms with Crippen molar-refractivity contribution >= 4 is 23.2 Å². The number of halogens is 2. The van der Waals surface area contributed by atoms with Crippen molar-refractivity contribution in [2.75, 3.05) is 32.9 Å². The normalized spacial score (nSPS) is 14.0. The van der Waals surface area contributed by atoms with Gasteiger partial charge in [-0.1, -0.05) is 59.6 Å². The molecule has 7 heteroatoms. The van der Waals surface area contributed by atoms with Gasteiger partial charge in [-0.3, -0.25) is 4.90 Å². The van der Waals surface area contributed by atoms with Crippen molar-refractivity contribution in [3.63, 3.8) is 0 Å². The van der Waals surface area contributed by atoms with E-state index in [0.29, 0.717) is 43.0 Å². The van der Waals surface area contributed by atoms with Gasteiger partial charge in [-0.05, 0) is 73.4 Å². The van der Waals surface area contributed by atoms with Crippen LogP contribution in [0.15, 0.2) is 72.8 Å². The van der Waals surface area contributed by atoms with Gasteiger partial charge in [0.15, 0.2) is 0 Å². The molecule has 0 aliphatic carbocycles. The first-order chi connectivity index (χ1) is 17.4. The van der Waals surface area contributed by atoms with Gasteiger partial charge < -0.3 is 19.7 Å². The van der Waals surface area contributed by atoms with Gasteiger partial charge in [0, 0.05) is 35.8 Å². The first kappa shape index (κ1) is 28.5. The van der Waals surface area contributed by atoms with Crippen LogP contribution >= 0.6 is 23.2 Å². The highest BCUT2D eigenvalue weighted by Crippen LogP contribution is 2.24. The summed E-state index contributed by atoms with van der Waals surface area (Å²) in [6.07, 6.45) is -0.762. The van der Waals surface area contributed by atoms with Crippen LogP contribution in [0.25, 0.3) is 0 Å². The number of nitrogens with zero attached hydrogens (tertiary/aromatic N) is 1. The SMILES string of the molecule is CCOCCOc1ccc(C[C@@H](C)N(CC(O)c2cccc(Cl)c2)C[C@H](O)c2cccc(Cl)c2)cc1. The average molecular weight is 533 g/mol. The van der Waals surface area contributed by atoms with Gasteiger partial charge in [-0.2, -0.15) is 0 Å². The van der Waals surface area contributed by atoms with E-state index in [2.05, 4.69) is 11.8 Å². The Morgan fingerprint density at radius 3 is 1.86 bits per heavy atom. The fourth-order valence-electron chi connectivity index (χ4n) is 4.07. The number of ether oxygens (including phenoxy) is 2. The van der Waals surface area contributed by atoms with Gasteiger partial charge in [0.05, 0.1) is 18.8 Å². The molecule has 0 radical (unpaired) electrons. The number of hydrogen-bond acceptors (Lipinski definition) is 5. The Labute approximate surface area is 224 Å². The van der Waals surface area contributed by atoms with Crippen molar-refractivity contribution < 1.29 is 19.7 Å². The zero-order chi connectivity index (χ0) is 25.9. The van der Waals surface area contributed by atoms with E-state index in [1.54, 1.807) is 24.3 Å². The number of aliphatic hydroxyl groups is 2. The van der Waals surface area contributed by atoms with E-state index in [1.165, 1.54) is 0 Å². The Hall–Kier alpha value is -2.12. The molecule has 3 aromatic rings. The zero-order valence-electron chi connectivity index (χ0n) is 20.8. The second kappa shape index (κ2) is 14.6. The molecule has 0 aliphatic rings. The monoisotopic (exact) mass is 531 g/mol. The molecule has 0 heterocycles. The Morgan fingerprint density at radius 2 is 1.36 bits per heavy atom. The summed E-state index contributed by atoms with van der Waals surface area (Å²) >= 11 is 12.3. The van der Waals surface area contributed by atoms with E-state index in [0.717, 1.165) is 28.9 Å². The lowest BCUT2D eigenvalue weighted by molar-refractivity contribution is 0.0480. The highest BCUT2D eigenvalue weighted by molar-refractivity contribution is 6.30. The Balaban J connectivity index is 1.70. The molecule has 0 aliphatic heterocycles. The van der Waals surface area contributed by atoms with Gasteiger partial charge in [-0.25, -0.2) is 0 Å². The van der Waals surface area contributed by atoms with Crippen molar-refractivity contribution in [3.8, 4) is 5.75 Å². The van der Waals surface area contributed by atoms with E-state index in [-0.39, 0.29) is 6.04 Å². The van der Waals surface area contributed by atoms with E-state index in [9.17, 15) is 10.2 Å². The zero-order valence-corrected chi connectivity index (χ0v) is 22.3. The molecule has 0 saturated carbocycles. The maximum absolute atomic E-state index is 11.0. The lowest BCUT2D eigenvalue weighted by Crippen LogP contribution is -2.40. The van der Waals surface area contributed by atoms with E-state index in [4.69, 9.17) is 32.7 Å². The summed E-state index contributed by atoms with van der Waals surface area (Å²) < 4.78 is 11.0. The van der Waals surface area contributed by atoms with Crippen LogP contribution in [0.4, 0.5) is 0 Å². The van der Waals surface area contributed by atoms with Crippen molar-refractivity contribution in [2.45, 2.75) is 38.5 Å². The van der Waals surface area contributed by atoms with Crippen LogP contribution in [0.3, 0.4) is 0 Å². The van der Waals surface area contributed by atoms with Gasteiger partial charge in [0.2, 0.25) is 0 Å². The van der Waals surface area contributed by atoms with Gasteiger partial charge in [0.25, 0.3) is 0 Å². The van der Waals surface area contributed by atoms with Crippen LogP contribution in [0.2, 0.25) is 10.0 Å². The second-order valence-electron chi connectivity index (χ2n) is 8.84. The molecule has 3 atom stereocenters. The molecule has 3 rings (SSSR count). The third kappa shape index (κ3) is 9.07. The molecular formula is C29H35Cl2NO4. The Kier molecular flexibility index (Phi) is 11.5. The topological polar surface area (TPSA) is 62.2 Å². The molecule has 0 saturated heterocycles. The molecule has 0 fully saturated rings. The van der Waals surface area contributed by atoms with Crippen LogP contribution < -0.4 is 4.74 Å². The summed E-state index contributed by atoms with van der Waals surface area (Å²) in [6, 6.07) is 22.5. The molecular weight excluding hydrogens is 497 g/mol. The standard InChI is InChI=1S/C29H35Cl2NO4/c1-3-35-14-15-36-27-12-10-22(11-13-27)16-21(2)32(19-28(33)23-6-4-8-25(30)17-23)20-29(34)24-7-5-9-26(31)18-24/h4-13,17-18,21,28-29,33-34H,3,14-16,19-20H2,1-2H3/t21-,28+,29?/m1/s1. The second-order valence-corrected chi connectivity index (χ2v) is 9.71. The predicted molar refractivity (Wildman–Crippen MR) is 146 cm³/mol. The van der Waals surface area contributed by atoms with Crippen molar-refractivity contribution in [1.29, 1.82) is 0 Å². The molecule has 0 aromatic heterocycles. The lowest BCUT2D eigenvalue weighted by Gasteiger charge is -2.33. The molecule has 3 aromatic carbocycles. The summed E-state index contributed by atoms with van der Waals surface area (Å²) in [5, 5.41) is 23.1. The smallest absolute Gasteiger partial charge is 0.119 e. The number of benzene rings is 3. The summed E-state index contributed by atoms with van der Waals surface area (Å²) in [5.74, 6) is 0.802. The van der Waals surface area contributed by atoms with Crippen LogP contribution in [-0.2, 0) is 11.2 Å². The fraction of sp³-hybridized carbons (Fsp3) is 0.379. The molecule has 0 bridgehead atoms.